The van der Waals surface area contributed by atoms with Crippen molar-refractivity contribution < 1.29 is 4.79 Å². The quantitative estimate of drug-likeness (QED) is 0.762. The number of hydrogen-bond acceptors (Lipinski definition) is 2. The van der Waals surface area contributed by atoms with Gasteiger partial charge in [-0.2, -0.15) is 0 Å². The van der Waals surface area contributed by atoms with Crippen LogP contribution in [0.15, 0.2) is 24.3 Å². The summed E-state index contributed by atoms with van der Waals surface area (Å²) in [5.41, 5.74) is 7.35. The van der Waals surface area contributed by atoms with Crippen molar-refractivity contribution in [1.29, 1.82) is 0 Å². The molecule has 0 saturated heterocycles. The molecular weight excluding hydrogens is 280 g/mol. The third-order valence-corrected chi connectivity index (χ3v) is 4.09. The number of carbonyl (C=O) groups is 1. The maximum absolute atomic E-state index is 12.0. The first-order valence-corrected chi connectivity index (χ1v) is 7.87. The second-order valence-electron chi connectivity index (χ2n) is 6.19. The summed E-state index contributed by atoms with van der Waals surface area (Å²) in [6, 6.07) is 7.51. The third-order valence-electron chi connectivity index (χ3n) is 3.85. The summed E-state index contributed by atoms with van der Waals surface area (Å²) in [6.07, 6.45) is 0.389. The van der Waals surface area contributed by atoms with Crippen molar-refractivity contribution in [1.82, 2.24) is 5.32 Å². The Labute approximate surface area is 133 Å². The number of benzene rings is 1. The molecule has 0 fully saturated rings. The molecule has 0 saturated carbocycles. The molecule has 116 valence electrons. The zero-order valence-corrected chi connectivity index (χ0v) is 14.2. The maximum Gasteiger partial charge on any atom is 0.224 e. The lowest BCUT2D eigenvalue weighted by Crippen LogP contribution is -2.34. The van der Waals surface area contributed by atoms with E-state index in [-0.39, 0.29) is 5.91 Å². The summed E-state index contributed by atoms with van der Waals surface area (Å²) in [7, 11) is 0. The fraction of sp³-hybridized carbons (Fsp3) is 0.529. The number of hydrogen-bond donors (Lipinski definition) is 2. The van der Waals surface area contributed by atoms with Crippen LogP contribution in [0.3, 0.4) is 0 Å². The van der Waals surface area contributed by atoms with E-state index in [9.17, 15) is 4.79 Å². The maximum atomic E-state index is 12.0. The van der Waals surface area contributed by atoms with E-state index in [2.05, 4.69) is 33.0 Å². The summed E-state index contributed by atoms with van der Waals surface area (Å²) in [5, 5.41) is 3.04. The normalized spacial score (nSPS) is 11.2. The number of nitrogens with two attached hydrogens (primary N) is 1. The van der Waals surface area contributed by atoms with Gasteiger partial charge in [0.15, 0.2) is 0 Å². The zero-order valence-electron chi connectivity index (χ0n) is 13.3. The molecule has 1 aromatic carbocycles. The lowest BCUT2D eigenvalue weighted by Gasteiger charge is -2.25. The second-order valence-corrected chi connectivity index (χ2v) is 6.63. The lowest BCUT2D eigenvalue weighted by atomic mass is 9.85. The Morgan fingerprint density at radius 3 is 2.10 bits per heavy atom. The van der Waals surface area contributed by atoms with Gasteiger partial charge in [-0.3, -0.25) is 4.79 Å². The average molecular weight is 306 g/mol. The van der Waals surface area contributed by atoms with Gasteiger partial charge in [-0.25, -0.2) is 0 Å². The smallest absolute Gasteiger partial charge is 0.224 e. The molecule has 0 aliphatic rings. The lowest BCUT2D eigenvalue weighted by molar-refractivity contribution is -0.120. The van der Waals surface area contributed by atoms with Gasteiger partial charge < -0.3 is 11.1 Å². The molecule has 0 aliphatic heterocycles. The summed E-state index contributed by atoms with van der Waals surface area (Å²) in [4.78, 5) is 12.4. The second kappa shape index (κ2) is 8.13. The van der Waals surface area contributed by atoms with Gasteiger partial charge in [-0.1, -0.05) is 64.2 Å². The molecule has 1 amide bonds. The largest absolute Gasteiger partial charge is 0.389 e. The molecule has 0 aliphatic carbocycles. The van der Waals surface area contributed by atoms with Crippen molar-refractivity contribution in [2.24, 2.45) is 23.5 Å². The van der Waals surface area contributed by atoms with Crippen LogP contribution in [0.1, 0.15) is 38.8 Å². The highest BCUT2D eigenvalue weighted by Gasteiger charge is 2.18. The van der Waals surface area contributed by atoms with Gasteiger partial charge in [0.1, 0.15) is 4.99 Å². The molecule has 1 aromatic rings. The van der Waals surface area contributed by atoms with Gasteiger partial charge in [0.25, 0.3) is 0 Å². The molecular formula is C17H26N2OS. The van der Waals surface area contributed by atoms with E-state index in [1.54, 1.807) is 0 Å². The summed E-state index contributed by atoms with van der Waals surface area (Å²) < 4.78 is 0. The number of amides is 1. The number of rotatable bonds is 7. The van der Waals surface area contributed by atoms with E-state index in [0.29, 0.717) is 29.2 Å². The number of nitrogens with one attached hydrogen (secondary N) is 1. The van der Waals surface area contributed by atoms with Crippen molar-refractivity contribution >= 4 is 23.1 Å². The van der Waals surface area contributed by atoms with E-state index >= 15 is 0 Å². The first kappa shape index (κ1) is 17.6. The molecule has 3 N–H and O–H groups in total. The Hall–Kier alpha value is -1.42. The van der Waals surface area contributed by atoms with Crippen molar-refractivity contribution in [2.45, 2.75) is 34.1 Å². The van der Waals surface area contributed by atoms with E-state index < -0.39 is 0 Å². The third kappa shape index (κ3) is 5.84. The molecule has 0 spiro atoms. The predicted molar refractivity (Wildman–Crippen MR) is 92.2 cm³/mol. The van der Waals surface area contributed by atoms with E-state index in [4.69, 9.17) is 18.0 Å². The van der Waals surface area contributed by atoms with Gasteiger partial charge in [-0.15, -0.1) is 0 Å². The molecule has 3 nitrogen and oxygen atoms in total. The van der Waals surface area contributed by atoms with Crippen LogP contribution in [0.5, 0.6) is 0 Å². The summed E-state index contributed by atoms with van der Waals surface area (Å²) >= 11 is 4.91. The Balaban J connectivity index is 2.51. The van der Waals surface area contributed by atoms with E-state index in [1.807, 2.05) is 24.3 Å². The summed E-state index contributed by atoms with van der Waals surface area (Å²) in [6.45, 7) is 9.53. The Morgan fingerprint density at radius 1 is 1.14 bits per heavy atom. The van der Waals surface area contributed by atoms with Crippen LogP contribution in [-0.4, -0.2) is 17.4 Å². The molecule has 0 aromatic heterocycles. The van der Waals surface area contributed by atoms with Crippen LogP contribution in [0.4, 0.5) is 0 Å². The highest BCUT2D eigenvalue weighted by molar-refractivity contribution is 7.80. The molecule has 0 unspecified atom stereocenters. The first-order valence-electron chi connectivity index (χ1n) is 7.46. The highest BCUT2D eigenvalue weighted by atomic mass is 32.1. The van der Waals surface area contributed by atoms with Gasteiger partial charge in [-0.05, 0) is 23.3 Å². The van der Waals surface area contributed by atoms with Gasteiger partial charge in [0.05, 0.1) is 6.42 Å². The number of thiocarbonyl (C=S) groups is 1. The van der Waals surface area contributed by atoms with Gasteiger partial charge >= 0.3 is 0 Å². The Kier molecular flexibility index (Phi) is 6.82. The van der Waals surface area contributed by atoms with Crippen molar-refractivity contribution in [3.8, 4) is 0 Å². The first-order chi connectivity index (χ1) is 9.81. The molecule has 1 rings (SSSR count). The molecule has 0 heterocycles. The Morgan fingerprint density at radius 2 is 1.67 bits per heavy atom. The highest BCUT2D eigenvalue weighted by Crippen LogP contribution is 2.19. The van der Waals surface area contributed by atoms with Gasteiger partial charge in [0, 0.05) is 12.1 Å². The zero-order chi connectivity index (χ0) is 16.0. The van der Waals surface area contributed by atoms with Crippen molar-refractivity contribution in [2.75, 3.05) is 6.54 Å². The van der Waals surface area contributed by atoms with Gasteiger partial charge in [0.2, 0.25) is 5.91 Å². The Bertz CT molecular complexity index is 472. The average Bonchev–Trinajstić information content (AvgIpc) is 2.38. The monoisotopic (exact) mass is 306 g/mol. The fourth-order valence-electron chi connectivity index (χ4n) is 2.51. The molecule has 0 radical (unpaired) electrons. The van der Waals surface area contributed by atoms with E-state index in [0.717, 1.165) is 17.7 Å². The van der Waals surface area contributed by atoms with Crippen LogP contribution in [0, 0.1) is 17.8 Å². The SMILES string of the molecule is CC(C)C(CNC(=O)Cc1ccc(C(N)=S)cc1)C(C)C. The van der Waals surface area contributed by atoms with Crippen molar-refractivity contribution in [3.63, 3.8) is 0 Å². The topological polar surface area (TPSA) is 55.1 Å². The van der Waals surface area contributed by atoms with Crippen LogP contribution >= 0.6 is 12.2 Å². The minimum absolute atomic E-state index is 0.0596. The molecule has 21 heavy (non-hydrogen) atoms. The standard InChI is InChI=1S/C17H26N2OS/c1-11(2)15(12(3)4)10-19-16(20)9-13-5-7-14(8-6-13)17(18)21/h5-8,11-12,15H,9-10H2,1-4H3,(H2,18,21)(H,19,20). The fourth-order valence-corrected chi connectivity index (χ4v) is 2.64. The van der Waals surface area contributed by atoms with Crippen LogP contribution in [0.25, 0.3) is 0 Å². The summed E-state index contributed by atoms with van der Waals surface area (Å²) in [5.74, 6) is 1.70. The van der Waals surface area contributed by atoms with Crippen molar-refractivity contribution in [3.05, 3.63) is 35.4 Å². The van der Waals surface area contributed by atoms with E-state index in [1.165, 1.54) is 0 Å². The minimum atomic E-state index is 0.0596. The predicted octanol–water partition coefficient (Wildman–Crippen LogP) is 2.91. The molecule has 0 atom stereocenters. The number of carbonyl (C=O) groups excluding carboxylic acids is 1. The minimum Gasteiger partial charge on any atom is -0.389 e. The van der Waals surface area contributed by atoms with Crippen LogP contribution in [-0.2, 0) is 11.2 Å². The van der Waals surface area contributed by atoms with Crippen LogP contribution in [0.2, 0.25) is 0 Å². The van der Waals surface area contributed by atoms with Crippen LogP contribution < -0.4 is 11.1 Å². The molecule has 0 bridgehead atoms. The molecule has 4 heteroatoms.